The van der Waals surface area contributed by atoms with Crippen LogP contribution in [0.2, 0.25) is 0 Å². The normalized spacial score (nSPS) is 9.50. The van der Waals surface area contributed by atoms with Gasteiger partial charge in [-0.3, -0.25) is 0 Å². The largest absolute Gasteiger partial charge is 0.480 e. The molecule has 0 aliphatic carbocycles. The van der Waals surface area contributed by atoms with Crippen molar-refractivity contribution in [3.8, 4) is 0 Å². The van der Waals surface area contributed by atoms with Crippen LogP contribution in [-0.4, -0.2) is 7.11 Å². The van der Waals surface area contributed by atoms with Gasteiger partial charge in [-0.2, -0.15) is 5.11 Å². The number of hydrogen-bond acceptors (Lipinski definition) is 3. The van der Waals surface area contributed by atoms with E-state index in [4.69, 9.17) is 0 Å². The van der Waals surface area contributed by atoms with E-state index in [1.54, 1.807) is 6.20 Å². The van der Waals surface area contributed by atoms with Gasteiger partial charge in [-0.05, 0) is 20.4 Å². The monoisotopic (exact) mass is 140 g/mol. The minimum Gasteiger partial charge on any atom is -0.480 e. The lowest BCUT2D eigenvalue weighted by Crippen LogP contribution is -1.75. The molecule has 0 bridgehead atoms. The zero-order valence-electron chi connectivity index (χ0n) is 6.59. The third-order valence-electron chi connectivity index (χ3n) is 0.721. The van der Waals surface area contributed by atoms with Crippen molar-refractivity contribution < 1.29 is 4.74 Å². The molecule has 0 atom stereocenters. The topological polar surface area (TPSA) is 34.0 Å². The molecule has 10 heavy (non-hydrogen) atoms. The van der Waals surface area contributed by atoms with Gasteiger partial charge < -0.3 is 4.74 Å². The Kier molecular flexibility index (Phi) is 4.20. The second-order valence-corrected chi connectivity index (χ2v) is 2.02. The van der Waals surface area contributed by atoms with Gasteiger partial charge in [-0.1, -0.05) is 5.57 Å². The van der Waals surface area contributed by atoms with Crippen molar-refractivity contribution in [1.82, 2.24) is 0 Å². The van der Waals surface area contributed by atoms with E-state index in [1.165, 1.54) is 7.11 Å². The van der Waals surface area contributed by atoms with E-state index in [9.17, 15) is 0 Å². The van der Waals surface area contributed by atoms with Gasteiger partial charge in [0.05, 0.1) is 7.11 Å². The van der Waals surface area contributed by atoms with Crippen molar-refractivity contribution in [1.29, 1.82) is 0 Å². The molecule has 0 N–H and O–H groups in total. The maximum Gasteiger partial charge on any atom is 0.225 e. The maximum atomic E-state index is 4.65. The molecule has 0 spiro atoms. The summed E-state index contributed by atoms with van der Waals surface area (Å²) in [5.41, 5.74) is 1.09. The Hall–Kier alpha value is -1.12. The fourth-order valence-electron chi connectivity index (χ4n) is 0.250. The molecule has 0 amide bonds. The molecular weight excluding hydrogens is 128 g/mol. The third kappa shape index (κ3) is 5.03. The van der Waals surface area contributed by atoms with Gasteiger partial charge in [0.25, 0.3) is 0 Å². The highest BCUT2D eigenvalue weighted by Gasteiger charge is 1.80. The summed E-state index contributed by atoms with van der Waals surface area (Å²) in [4.78, 5) is 0. The number of nitrogens with zero attached hydrogens (tertiary/aromatic N) is 2. The van der Waals surface area contributed by atoms with Crippen molar-refractivity contribution in [2.45, 2.75) is 13.8 Å². The molecule has 0 aliphatic heterocycles. The molecule has 3 heteroatoms. The Labute approximate surface area is 61.1 Å². The summed E-state index contributed by atoms with van der Waals surface area (Å²) in [6.07, 6.45) is 1.64. The second kappa shape index (κ2) is 4.73. The van der Waals surface area contributed by atoms with Gasteiger partial charge in [0.2, 0.25) is 5.88 Å². The lowest BCUT2D eigenvalue weighted by molar-refractivity contribution is 0.286. The lowest BCUT2D eigenvalue weighted by Gasteiger charge is -1.90. The number of methoxy groups -OCH3 is 1. The highest BCUT2D eigenvalue weighted by atomic mass is 16.5. The first-order valence-electron chi connectivity index (χ1n) is 2.94. The number of allylic oxidation sites excluding steroid dienone is 1. The van der Waals surface area contributed by atoms with E-state index >= 15 is 0 Å². The molecule has 0 radical (unpaired) electrons. The summed E-state index contributed by atoms with van der Waals surface area (Å²) in [6, 6.07) is 0. The molecule has 0 aromatic heterocycles. The fraction of sp³-hybridized carbons (Fsp3) is 0.429. The second-order valence-electron chi connectivity index (χ2n) is 2.02. The molecule has 3 nitrogen and oxygen atoms in total. The molecule has 0 unspecified atom stereocenters. The van der Waals surface area contributed by atoms with Crippen LogP contribution in [0.15, 0.2) is 34.5 Å². The predicted molar refractivity (Wildman–Crippen MR) is 40.4 cm³/mol. The molecule has 0 rings (SSSR count). The molecular formula is C7H12N2O. The fourth-order valence-corrected chi connectivity index (χ4v) is 0.250. The van der Waals surface area contributed by atoms with Gasteiger partial charge in [-0.25, -0.2) is 0 Å². The highest BCUT2D eigenvalue weighted by Crippen LogP contribution is 1.95. The summed E-state index contributed by atoms with van der Waals surface area (Å²) < 4.78 is 4.65. The summed E-state index contributed by atoms with van der Waals surface area (Å²) in [6.45, 7) is 7.34. The van der Waals surface area contributed by atoms with Crippen LogP contribution < -0.4 is 0 Å². The van der Waals surface area contributed by atoms with Crippen molar-refractivity contribution in [2.24, 2.45) is 10.2 Å². The highest BCUT2D eigenvalue weighted by molar-refractivity contribution is 4.91. The SMILES string of the molecule is C=C(N=NC=C(C)C)OC. The standard InChI is InChI=1S/C7H12N2O/c1-6(2)5-8-9-7(3)10-4/h5H,3H2,1-2,4H3. The van der Waals surface area contributed by atoms with E-state index in [2.05, 4.69) is 21.5 Å². The summed E-state index contributed by atoms with van der Waals surface area (Å²) in [5, 5.41) is 7.29. The average Bonchev–Trinajstić information content (AvgIpc) is 1.87. The molecule has 0 saturated carbocycles. The van der Waals surface area contributed by atoms with Crippen molar-refractivity contribution in [3.63, 3.8) is 0 Å². The zero-order valence-corrected chi connectivity index (χ0v) is 6.59. The quantitative estimate of drug-likeness (QED) is 0.438. The average molecular weight is 140 g/mol. The van der Waals surface area contributed by atoms with Crippen molar-refractivity contribution in [2.75, 3.05) is 7.11 Å². The van der Waals surface area contributed by atoms with Crippen LogP contribution in [0.1, 0.15) is 13.8 Å². The van der Waals surface area contributed by atoms with Crippen LogP contribution in [0.5, 0.6) is 0 Å². The molecule has 56 valence electrons. The van der Waals surface area contributed by atoms with Crippen molar-refractivity contribution in [3.05, 3.63) is 24.2 Å². The Morgan fingerprint density at radius 2 is 2.10 bits per heavy atom. The van der Waals surface area contributed by atoms with Gasteiger partial charge in [0.15, 0.2) is 0 Å². The minimum absolute atomic E-state index is 0.317. The Balaban J connectivity index is 3.77. The van der Waals surface area contributed by atoms with E-state index in [-0.39, 0.29) is 0 Å². The van der Waals surface area contributed by atoms with E-state index in [0.717, 1.165) is 5.57 Å². The smallest absolute Gasteiger partial charge is 0.225 e. The first-order valence-corrected chi connectivity index (χ1v) is 2.94. The van der Waals surface area contributed by atoms with Crippen LogP contribution in [0, 0.1) is 0 Å². The minimum atomic E-state index is 0.317. The third-order valence-corrected chi connectivity index (χ3v) is 0.721. The Morgan fingerprint density at radius 3 is 2.50 bits per heavy atom. The van der Waals surface area contributed by atoms with E-state index < -0.39 is 0 Å². The van der Waals surface area contributed by atoms with Crippen molar-refractivity contribution >= 4 is 0 Å². The van der Waals surface area contributed by atoms with Gasteiger partial charge >= 0.3 is 0 Å². The Morgan fingerprint density at radius 1 is 1.50 bits per heavy atom. The number of hydrogen-bond donors (Lipinski definition) is 0. The first kappa shape index (κ1) is 8.88. The van der Waals surface area contributed by atoms with Crippen LogP contribution in [-0.2, 0) is 4.74 Å². The van der Waals surface area contributed by atoms with Crippen LogP contribution in [0.25, 0.3) is 0 Å². The van der Waals surface area contributed by atoms with Crippen LogP contribution in [0.4, 0.5) is 0 Å². The maximum absolute atomic E-state index is 4.65. The molecule has 0 aliphatic rings. The number of ether oxygens (including phenoxy) is 1. The van der Waals surface area contributed by atoms with Gasteiger partial charge in [0.1, 0.15) is 0 Å². The molecule has 0 aromatic carbocycles. The molecule has 0 fully saturated rings. The van der Waals surface area contributed by atoms with Crippen LogP contribution >= 0.6 is 0 Å². The van der Waals surface area contributed by atoms with Gasteiger partial charge in [-0.15, -0.1) is 5.11 Å². The van der Waals surface area contributed by atoms with E-state index in [0.29, 0.717) is 5.88 Å². The van der Waals surface area contributed by atoms with Crippen LogP contribution in [0.3, 0.4) is 0 Å². The molecule has 0 aromatic rings. The summed E-state index contributed by atoms with van der Waals surface area (Å²) in [5.74, 6) is 0.317. The summed E-state index contributed by atoms with van der Waals surface area (Å²) in [7, 11) is 1.50. The van der Waals surface area contributed by atoms with Gasteiger partial charge in [0, 0.05) is 6.20 Å². The lowest BCUT2D eigenvalue weighted by atomic mass is 10.4. The van der Waals surface area contributed by atoms with E-state index in [1.807, 2.05) is 13.8 Å². The number of rotatable bonds is 3. The zero-order chi connectivity index (χ0) is 7.98. The number of azo groups is 1. The predicted octanol–water partition coefficient (Wildman–Crippen LogP) is 2.48. The summed E-state index contributed by atoms with van der Waals surface area (Å²) >= 11 is 0. The molecule has 0 saturated heterocycles. The molecule has 0 heterocycles. The Bertz CT molecular complexity index is 166. The first-order chi connectivity index (χ1) is 4.66.